The lowest BCUT2D eigenvalue weighted by atomic mass is 10.1. The maximum absolute atomic E-state index is 4.64. The fraction of sp³-hybridized carbons (Fsp3) is 0.357. The Bertz CT molecular complexity index is 508. The molecule has 0 radical (unpaired) electrons. The third kappa shape index (κ3) is 3.55. The van der Waals surface area contributed by atoms with Crippen LogP contribution in [0, 0.1) is 13.8 Å². The molecule has 1 N–H and O–H groups in total. The van der Waals surface area contributed by atoms with Gasteiger partial charge >= 0.3 is 0 Å². The van der Waals surface area contributed by atoms with E-state index in [1.807, 2.05) is 0 Å². The molecule has 2 rings (SSSR count). The Labute approximate surface area is 119 Å². The molecular formula is C14H19ClN2S. The zero-order valence-electron chi connectivity index (χ0n) is 11.0. The maximum atomic E-state index is 4.64. The fourth-order valence-corrected chi connectivity index (χ4v) is 2.43. The zero-order valence-corrected chi connectivity index (χ0v) is 12.6. The van der Waals surface area contributed by atoms with Gasteiger partial charge in [-0.1, -0.05) is 19.1 Å². The molecule has 2 aromatic rings. The summed E-state index contributed by atoms with van der Waals surface area (Å²) in [5, 5.41) is 6.59. The van der Waals surface area contributed by atoms with Gasteiger partial charge in [0.15, 0.2) is 0 Å². The third-order valence-corrected chi connectivity index (χ3v) is 3.73. The molecular weight excluding hydrogens is 264 g/mol. The quantitative estimate of drug-likeness (QED) is 0.918. The van der Waals surface area contributed by atoms with Crippen molar-refractivity contribution in [1.82, 2.24) is 10.3 Å². The number of thiazole rings is 1. The van der Waals surface area contributed by atoms with E-state index in [1.54, 1.807) is 11.3 Å². The van der Waals surface area contributed by atoms with E-state index in [4.69, 9.17) is 0 Å². The number of halogens is 1. The Morgan fingerprint density at radius 2 is 2.00 bits per heavy atom. The lowest BCUT2D eigenvalue weighted by molar-refractivity contribution is 0.723. The second-order valence-electron chi connectivity index (χ2n) is 4.21. The van der Waals surface area contributed by atoms with Crippen LogP contribution in [0.1, 0.15) is 23.1 Å². The van der Waals surface area contributed by atoms with Gasteiger partial charge in [0.1, 0.15) is 5.01 Å². The smallest absolute Gasteiger partial charge is 0.107 e. The van der Waals surface area contributed by atoms with Crippen LogP contribution in [0.2, 0.25) is 0 Å². The van der Waals surface area contributed by atoms with E-state index in [0.29, 0.717) is 0 Å². The fourth-order valence-electron chi connectivity index (χ4n) is 1.66. The second kappa shape index (κ2) is 6.88. The van der Waals surface area contributed by atoms with Gasteiger partial charge in [0.2, 0.25) is 0 Å². The van der Waals surface area contributed by atoms with E-state index < -0.39 is 0 Å². The van der Waals surface area contributed by atoms with E-state index in [9.17, 15) is 0 Å². The molecule has 1 aromatic heterocycles. The van der Waals surface area contributed by atoms with Crippen molar-refractivity contribution in [2.45, 2.75) is 27.3 Å². The van der Waals surface area contributed by atoms with Gasteiger partial charge in [0.05, 0.1) is 5.69 Å². The summed E-state index contributed by atoms with van der Waals surface area (Å²) in [6, 6.07) is 6.52. The standard InChI is InChI=1S/C14H18N2S.ClH/c1-4-15-8-14-16-13(9-17-14)12-6-5-10(2)11(3)7-12;/h5-7,9,15H,4,8H2,1-3H3;1H. The van der Waals surface area contributed by atoms with Crippen molar-refractivity contribution in [2.24, 2.45) is 0 Å². The van der Waals surface area contributed by atoms with Crippen molar-refractivity contribution in [2.75, 3.05) is 6.54 Å². The van der Waals surface area contributed by atoms with E-state index in [1.165, 1.54) is 16.7 Å². The molecule has 0 aliphatic carbocycles. The first kappa shape index (κ1) is 15.2. The molecule has 0 atom stereocenters. The molecule has 0 saturated carbocycles. The van der Waals surface area contributed by atoms with Crippen LogP contribution in [0.4, 0.5) is 0 Å². The van der Waals surface area contributed by atoms with Crippen LogP contribution in [0.3, 0.4) is 0 Å². The molecule has 98 valence electrons. The van der Waals surface area contributed by atoms with Crippen LogP contribution >= 0.6 is 23.7 Å². The Kier molecular flexibility index (Phi) is 5.79. The third-order valence-electron chi connectivity index (χ3n) is 2.88. The van der Waals surface area contributed by atoms with Gasteiger partial charge in [-0.05, 0) is 37.6 Å². The highest BCUT2D eigenvalue weighted by Gasteiger charge is 2.05. The van der Waals surface area contributed by atoms with Crippen molar-refractivity contribution in [3.05, 3.63) is 39.7 Å². The summed E-state index contributed by atoms with van der Waals surface area (Å²) in [6.07, 6.45) is 0. The van der Waals surface area contributed by atoms with Crippen molar-refractivity contribution in [3.63, 3.8) is 0 Å². The minimum atomic E-state index is 0. The van der Waals surface area contributed by atoms with Crippen LogP contribution in [0.5, 0.6) is 0 Å². The molecule has 0 aliphatic rings. The zero-order chi connectivity index (χ0) is 12.3. The molecule has 0 saturated heterocycles. The molecule has 4 heteroatoms. The van der Waals surface area contributed by atoms with E-state index >= 15 is 0 Å². The van der Waals surface area contributed by atoms with Crippen molar-refractivity contribution in [1.29, 1.82) is 0 Å². The van der Waals surface area contributed by atoms with Crippen LogP contribution in [-0.4, -0.2) is 11.5 Å². The molecule has 0 unspecified atom stereocenters. The van der Waals surface area contributed by atoms with Crippen molar-refractivity contribution in [3.8, 4) is 11.3 Å². The number of hydrogen-bond acceptors (Lipinski definition) is 3. The molecule has 1 aromatic carbocycles. The molecule has 0 aliphatic heterocycles. The summed E-state index contributed by atoms with van der Waals surface area (Å²) in [7, 11) is 0. The summed E-state index contributed by atoms with van der Waals surface area (Å²) in [4.78, 5) is 4.64. The SMILES string of the molecule is CCNCc1nc(-c2ccc(C)c(C)c2)cs1.Cl. The highest BCUT2D eigenvalue weighted by Crippen LogP contribution is 2.23. The number of nitrogens with zero attached hydrogens (tertiary/aromatic N) is 1. The lowest BCUT2D eigenvalue weighted by Gasteiger charge is -2.02. The molecule has 0 amide bonds. The van der Waals surface area contributed by atoms with Crippen LogP contribution in [0.15, 0.2) is 23.6 Å². The average Bonchev–Trinajstić information content (AvgIpc) is 2.79. The Morgan fingerprint density at radius 3 is 2.67 bits per heavy atom. The maximum Gasteiger partial charge on any atom is 0.107 e. The predicted molar refractivity (Wildman–Crippen MR) is 81.7 cm³/mol. The molecule has 1 heterocycles. The highest BCUT2D eigenvalue weighted by molar-refractivity contribution is 7.09. The Balaban J connectivity index is 0.00000162. The molecule has 2 nitrogen and oxygen atoms in total. The molecule has 18 heavy (non-hydrogen) atoms. The van der Waals surface area contributed by atoms with Gasteiger partial charge in [-0.3, -0.25) is 0 Å². The highest BCUT2D eigenvalue weighted by atomic mass is 35.5. The Hall–Kier alpha value is -0.900. The van der Waals surface area contributed by atoms with Gasteiger partial charge < -0.3 is 5.32 Å². The van der Waals surface area contributed by atoms with E-state index in [-0.39, 0.29) is 12.4 Å². The molecule has 0 fully saturated rings. The van der Waals surface area contributed by atoms with Crippen LogP contribution < -0.4 is 5.32 Å². The number of nitrogens with one attached hydrogen (secondary N) is 1. The number of benzene rings is 1. The summed E-state index contributed by atoms with van der Waals surface area (Å²) < 4.78 is 0. The number of aryl methyl sites for hydroxylation is 2. The first-order chi connectivity index (χ1) is 8.20. The summed E-state index contributed by atoms with van der Waals surface area (Å²) in [6.45, 7) is 8.24. The van der Waals surface area contributed by atoms with Crippen molar-refractivity contribution >= 4 is 23.7 Å². The largest absolute Gasteiger partial charge is 0.311 e. The average molecular weight is 283 g/mol. The van der Waals surface area contributed by atoms with Gasteiger partial charge in [0.25, 0.3) is 0 Å². The lowest BCUT2D eigenvalue weighted by Crippen LogP contribution is -2.11. The number of hydrogen-bond donors (Lipinski definition) is 1. The summed E-state index contributed by atoms with van der Waals surface area (Å²) >= 11 is 1.72. The Morgan fingerprint density at radius 1 is 1.22 bits per heavy atom. The first-order valence-electron chi connectivity index (χ1n) is 5.93. The first-order valence-corrected chi connectivity index (χ1v) is 6.81. The minimum absolute atomic E-state index is 0. The van der Waals surface area contributed by atoms with Gasteiger partial charge in [-0.25, -0.2) is 4.98 Å². The van der Waals surface area contributed by atoms with Gasteiger partial charge in [0, 0.05) is 17.5 Å². The monoisotopic (exact) mass is 282 g/mol. The normalized spacial score (nSPS) is 10.2. The predicted octanol–water partition coefficient (Wildman–Crippen LogP) is 3.96. The second-order valence-corrected chi connectivity index (χ2v) is 5.15. The van der Waals surface area contributed by atoms with Gasteiger partial charge in [-0.2, -0.15) is 0 Å². The van der Waals surface area contributed by atoms with Crippen molar-refractivity contribution < 1.29 is 0 Å². The van der Waals surface area contributed by atoms with Crippen LogP contribution in [0.25, 0.3) is 11.3 Å². The van der Waals surface area contributed by atoms with Crippen LogP contribution in [-0.2, 0) is 6.54 Å². The number of rotatable bonds is 4. The van der Waals surface area contributed by atoms with Gasteiger partial charge in [-0.15, -0.1) is 23.7 Å². The minimum Gasteiger partial charge on any atom is -0.311 e. The molecule has 0 bridgehead atoms. The van der Waals surface area contributed by atoms with E-state index in [2.05, 4.69) is 54.7 Å². The van der Waals surface area contributed by atoms with E-state index in [0.717, 1.165) is 23.8 Å². The summed E-state index contributed by atoms with van der Waals surface area (Å²) in [5.41, 5.74) is 4.96. The molecule has 0 spiro atoms. The summed E-state index contributed by atoms with van der Waals surface area (Å²) in [5.74, 6) is 0. The topological polar surface area (TPSA) is 24.9 Å². The number of aromatic nitrogens is 1.